The van der Waals surface area contributed by atoms with Gasteiger partial charge >= 0.3 is 0 Å². The molecule has 0 heterocycles. The van der Waals surface area contributed by atoms with Crippen LogP contribution in [0.25, 0.3) is 0 Å². The zero-order valence-electron chi connectivity index (χ0n) is 21.2. The van der Waals surface area contributed by atoms with Gasteiger partial charge in [0, 0.05) is 6.08 Å². The van der Waals surface area contributed by atoms with Crippen LogP contribution in [-0.4, -0.2) is 0 Å². The molecule has 0 aromatic heterocycles. The average molecular weight is 446 g/mol. The number of hydrogen-bond acceptors (Lipinski definition) is 1. The van der Waals surface area contributed by atoms with E-state index >= 15 is 0 Å². The second-order valence-corrected chi connectivity index (χ2v) is 10.9. The van der Waals surface area contributed by atoms with E-state index in [0.717, 1.165) is 23.7 Å². The van der Waals surface area contributed by atoms with Gasteiger partial charge in [0.1, 0.15) is 0 Å². The maximum absolute atomic E-state index is 8.56. The fourth-order valence-electron chi connectivity index (χ4n) is 6.13. The molecule has 0 saturated heterocycles. The average Bonchev–Trinajstić information content (AvgIpc) is 2.87. The van der Waals surface area contributed by atoms with Gasteiger partial charge in [-0.1, -0.05) is 87.9 Å². The number of unbranched alkanes of at least 4 members (excludes halogenated alkanes) is 4. The first-order valence-electron chi connectivity index (χ1n) is 14.1. The minimum Gasteiger partial charge on any atom is -0.193 e. The molecule has 1 aromatic rings. The summed E-state index contributed by atoms with van der Waals surface area (Å²) >= 11 is 0. The van der Waals surface area contributed by atoms with E-state index in [1.165, 1.54) is 108 Å². The smallest absolute Gasteiger partial charge is 0.0912 e. The highest BCUT2D eigenvalue weighted by Crippen LogP contribution is 2.40. The molecule has 0 amide bonds. The fraction of sp³-hybridized carbons (Fsp3) is 0.656. The number of aryl methyl sites for hydroxylation is 1. The lowest BCUT2D eigenvalue weighted by atomic mass is 9.74. The topological polar surface area (TPSA) is 23.8 Å². The van der Waals surface area contributed by atoms with Crippen LogP contribution in [0.4, 0.5) is 0 Å². The third-order valence-corrected chi connectivity index (χ3v) is 8.41. The molecule has 2 aliphatic rings. The van der Waals surface area contributed by atoms with E-state index in [2.05, 4.69) is 49.4 Å². The van der Waals surface area contributed by atoms with Crippen molar-refractivity contribution in [3.8, 4) is 6.07 Å². The molecule has 180 valence electrons. The number of allylic oxidation sites excluding steroid dienone is 4. The number of nitrogens with zero attached hydrogens (tertiary/aromatic N) is 1. The Morgan fingerprint density at radius 3 is 2.06 bits per heavy atom. The third-order valence-electron chi connectivity index (χ3n) is 8.41. The van der Waals surface area contributed by atoms with Crippen molar-refractivity contribution < 1.29 is 0 Å². The summed E-state index contributed by atoms with van der Waals surface area (Å²) in [5.74, 6) is 3.46. The van der Waals surface area contributed by atoms with Gasteiger partial charge in [-0.15, -0.1) is 0 Å². The van der Waals surface area contributed by atoms with Crippen LogP contribution in [0.5, 0.6) is 0 Å². The molecule has 1 nitrogen and oxygen atoms in total. The summed E-state index contributed by atoms with van der Waals surface area (Å²) in [5, 5.41) is 8.56. The molecule has 0 aliphatic heterocycles. The first kappa shape index (κ1) is 25.8. The zero-order chi connectivity index (χ0) is 23.1. The maximum atomic E-state index is 8.56. The molecule has 3 rings (SSSR count). The number of benzene rings is 1. The Kier molecular flexibility index (Phi) is 11.9. The van der Waals surface area contributed by atoms with Crippen LogP contribution < -0.4 is 0 Å². The van der Waals surface area contributed by atoms with Gasteiger partial charge in [-0.05, 0) is 99.0 Å². The molecule has 0 atom stereocenters. The van der Waals surface area contributed by atoms with E-state index in [4.69, 9.17) is 5.26 Å². The predicted octanol–water partition coefficient (Wildman–Crippen LogP) is 9.70. The van der Waals surface area contributed by atoms with Crippen LogP contribution >= 0.6 is 0 Å². The zero-order valence-corrected chi connectivity index (χ0v) is 21.2. The van der Waals surface area contributed by atoms with Crippen LogP contribution in [0, 0.1) is 29.1 Å². The lowest BCUT2D eigenvalue weighted by Crippen LogP contribution is -2.17. The molecule has 0 radical (unpaired) electrons. The normalized spacial score (nSPS) is 26.1. The summed E-state index contributed by atoms with van der Waals surface area (Å²) < 4.78 is 0. The van der Waals surface area contributed by atoms with E-state index < -0.39 is 0 Å². The highest BCUT2D eigenvalue weighted by atomic mass is 14.3. The first-order chi connectivity index (χ1) is 16.3. The monoisotopic (exact) mass is 445 g/mol. The molecule has 0 unspecified atom stereocenters. The van der Waals surface area contributed by atoms with Crippen molar-refractivity contribution >= 4 is 0 Å². The molecular formula is C32H47N. The summed E-state index contributed by atoms with van der Waals surface area (Å²) in [6.07, 6.45) is 30.0. The Balaban J connectivity index is 1.29. The number of nitriles is 1. The number of rotatable bonds is 12. The van der Waals surface area contributed by atoms with Crippen molar-refractivity contribution in [1.82, 2.24) is 0 Å². The van der Waals surface area contributed by atoms with Crippen molar-refractivity contribution in [1.29, 1.82) is 5.26 Å². The van der Waals surface area contributed by atoms with Gasteiger partial charge in [0.15, 0.2) is 0 Å². The van der Waals surface area contributed by atoms with Gasteiger partial charge in [-0.2, -0.15) is 5.26 Å². The van der Waals surface area contributed by atoms with Crippen molar-refractivity contribution in [2.45, 2.75) is 116 Å². The van der Waals surface area contributed by atoms with Gasteiger partial charge in [-0.25, -0.2) is 0 Å². The molecule has 2 fully saturated rings. The van der Waals surface area contributed by atoms with E-state index in [-0.39, 0.29) is 0 Å². The number of hydrogen-bond donors (Lipinski definition) is 0. The first-order valence-corrected chi connectivity index (χ1v) is 14.1. The van der Waals surface area contributed by atoms with Crippen molar-refractivity contribution in [3.05, 3.63) is 59.7 Å². The fourth-order valence-corrected chi connectivity index (χ4v) is 6.13. The molecule has 0 bridgehead atoms. The minimum atomic E-state index is 0.729. The Morgan fingerprint density at radius 1 is 0.788 bits per heavy atom. The maximum Gasteiger partial charge on any atom is 0.0912 e. The molecular weight excluding hydrogens is 398 g/mol. The van der Waals surface area contributed by atoms with Crippen molar-refractivity contribution in [2.75, 3.05) is 0 Å². The largest absolute Gasteiger partial charge is 0.193 e. The van der Waals surface area contributed by atoms with E-state index in [0.29, 0.717) is 0 Å². The van der Waals surface area contributed by atoms with Crippen LogP contribution in [0.15, 0.2) is 48.6 Å². The second kappa shape index (κ2) is 15.2. The SMILES string of the molecule is CCCCCCCc1ccc([C@H]2CC[C@H](CC[C@H]3CC[C@H](/C=C/C=C/C#N)CC3)CC2)cc1. The van der Waals surface area contributed by atoms with Gasteiger partial charge in [-0.3, -0.25) is 0 Å². The quantitative estimate of drug-likeness (QED) is 0.178. The van der Waals surface area contributed by atoms with Crippen LogP contribution in [-0.2, 0) is 6.42 Å². The van der Waals surface area contributed by atoms with E-state index in [1.807, 2.05) is 6.08 Å². The Labute approximate surface area is 204 Å². The summed E-state index contributed by atoms with van der Waals surface area (Å²) in [6, 6.07) is 11.8. The Morgan fingerprint density at radius 2 is 1.42 bits per heavy atom. The molecule has 2 saturated carbocycles. The molecule has 0 N–H and O–H groups in total. The van der Waals surface area contributed by atoms with Gasteiger partial charge in [0.2, 0.25) is 0 Å². The van der Waals surface area contributed by atoms with Crippen molar-refractivity contribution in [3.63, 3.8) is 0 Å². The molecule has 0 spiro atoms. The van der Waals surface area contributed by atoms with Crippen molar-refractivity contribution in [2.24, 2.45) is 17.8 Å². The summed E-state index contributed by atoms with van der Waals surface area (Å²) in [5.41, 5.74) is 3.13. The Hall–Kier alpha value is -1.81. The van der Waals surface area contributed by atoms with Crippen LogP contribution in [0.3, 0.4) is 0 Å². The Bertz CT molecular complexity index is 734. The second-order valence-electron chi connectivity index (χ2n) is 10.9. The molecule has 33 heavy (non-hydrogen) atoms. The van der Waals surface area contributed by atoms with Gasteiger partial charge in [0.25, 0.3) is 0 Å². The molecule has 2 aliphatic carbocycles. The predicted molar refractivity (Wildman–Crippen MR) is 142 cm³/mol. The lowest BCUT2D eigenvalue weighted by Gasteiger charge is -2.31. The van der Waals surface area contributed by atoms with E-state index in [1.54, 1.807) is 11.6 Å². The third kappa shape index (κ3) is 9.52. The van der Waals surface area contributed by atoms with Crippen LogP contribution in [0.2, 0.25) is 0 Å². The highest BCUT2D eigenvalue weighted by Gasteiger charge is 2.24. The van der Waals surface area contributed by atoms with Gasteiger partial charge < -0.3 is 0 Å². The summed E-state index contributed by atoms with van der Waals surface area (Å²) in [6.45, 7) is 2.29. The molecule has 1 aromatic carbocycles. The summed E-state index contributed by atoms with van der Waals surface area (Å²) in [4.78, 5) is 0. The summed E-state index contributed by atoms with van der Waals surface area (Å²) in [7, 11) is 0. The van der Waals surface area contributed by atoms with E-state index in [9.17, 15) is 0 Å². The highest BCUT2D eigenvalue weighted by molar-refractivity contribution is 5.26. The standard InChI is InChI=1S/C32H47N/c1-2-3-4-5-7-10-28-18-22-31(23-19-28)32-24-20-30(21-25-32)17-16-29-14-12-27(13-15-29)11-8-6-9-26-33/h6,8-9,11,18-19,22-23,27,29-30,32H,2-5,7,10,12-17,20-21,24-25H2,1H3/b9-6+,11-8+/t27-,29-,30-,32-. The van der Waals surface area contributed by atoms with Gasteiger partial charge in [0.05, 0.1) is 6.07 Å². The molecule has 1 heteroatoms. The van der Waals surface area contributed by atoms with Crippen LogP contribution in [0.1, 0.15) is 120 Å². The lowest BCUT2D eigenvalue weighted by molar-refractivity contribution is 0.246. The minimum absolute atomic E-state index is 0.729.